The number of nitrogens with zero attached hydrogens (tertiary/aromatic N) is 2. The summed E-state index contributed by atoms with van der Waals surface area (Å²) in [6.07, 6.45) is 33.8. The van der Waals surface area contributed by atoms with Crippen LogP contribution < -0.4 is 4.57 Å². The molecule has 0 atom stereocenters. The zero-order valence-electron chi connectivity index (χ0n) is 19.5. The summed E-state index contributed by atoms with van der Waals surface area (Å²) in [6, 6.07) is 0. The van der Waals surface area contributed by atoms with Gasteiger partial charge in [-0.05, 0) is 25.7 Å². The van der Waals surface area contributed by atoms with Crippen molar-refractivity contribution >= 4 is 0 Å². The highest BCUT2D eigenvalue weighted by Gasteiger charge is 2.03. The Morgan fingerprint density at radius 1 is 0.536 bits per heavy atom. The van der Waals surface area contributed by atoms with Gasteiger partial charge in [0.25, 0.3) is 0 Å². The normalized spacial score (nSPS) is 11.4. The van der Waals surface area contributed by atoms with E-state index in [4.69, 9.17) is 0 Å². The molecule has 2 heteroatoms. The van der Waals surface area contributed by atoms with Crippen molar-refractivity contribution in [3.63, 3.8) is 0 Å². The summed E-state index contributed by atoms with van der Waals surface area (Å²) in [5, 5.41) is 0. The Bertz CT molecular complexity index is 424. The van der Waals surface area contributed by atoms with Crippen LogP contribution in [0.5, 0.6) is 0 Å². The Morgan fingerprint density at radius 3 is 1.46 bits per heavy atom. The molecule has 0 saturated heterocycles. The Kier molecular flexibility index (Phi) is 17.6. The van der Waals surface area contributed by atoms with E-state index < -0.39 is 0 Å². The second-order valence-electron chi connectivity index (χ2n) is 8.90. The fraction of sp³-hybridized carbons (Fsp3) is 0.885. The van der Waals surface area contributed by atoms with Gasteiger partial charge in [-0.3, -0.25) is 0 Å². The lowest BCUT2D eigenvalue weighted by Gasteiger charge is -2.03. The average Bonchev–Trinajstić information content (AvgIpc) is 3.15. The standard InChI is InChI=1S/C26H51N2/c1-3-5-7-8-9-10-11-12-13-14-15-16-17-18-19-21-23-28-25-24-27(26-28)22-20-6-4-2/h24-26H,3-23H2,1-2H3/q+1. The maximum Gasteiger partial charge on any atom is 0.243 e. The molecule has 0 spiro atoms. The van der Waals surface area contributed by atoms with Gasteiger partial charge in [0.1, 0.15) is 12.4 Å². The molecule has 0 fully saturated rings. The Morgan fingerprint density at radius 2 is 0.964 bits per heavy atom. The van der Waals surface area contributed by atoms with Gasteiger partial charge in [0.15, 0.2) is 0 Å². The van der Waals surface area contributed by atoms with Crippen LogP contribution in [-0.4, -0.2) is 4.57 Å². The third-order valence-corrected chi connectivity index (χ3v) is 6.04. The van der Waals surface area contributed by atoms with Gasteiger partial charge in [-0.15, -0.1) is 0 Å². The number of aromatic nitrogens is 2. The Labute approximate surface area is 177 Å². The predicted octanol–water partition coefficient (Wildman–Crippen LogP) is 8.23. The van der Waals surface area contributed by atoms with Crippen LogP contribution in [0.2, 0.25) is 0 Å². The Balaban J connectivity index is 1.78. The van der Waals surface area contributed by atoms with E-state index in [0.29, 0.717) is 0 Å². The fourth-order valence-electron chi connectivity index (χ4n) is 4.09. The van der Waals surface area contributed by atoms with E-state index in [2.05, 4.69) is 41.7 Å². The second-order valence-corrected chi connectivity index (χ2v) is 8.90. The summed E-state index contributed by atoms with van der Waals surface area (Å²) in [5.74, 6) is 0. The van der Waals surface area contributed by atoms with Gasteiger partial charge < -0.3 is 0 Å². The van der Waals surface area contributed by atoms with Gasteiger partial charge in [-0.2, -0.15) is 0 Å². The van der Waals surface area contributed by atoms with Crippen molar-refractivity contribution in [3.8, 4) is 0 Å². The van der Waals surface area contributed by atoms with Crippen LogP contribution in [0, 0.1) is 0 Å². The molecule has 2 nitrogen and oxygen atoms in total. The molecule has 0 aliphatic rings. The zero-order chi connectivity index (χ0) is 20.1. The van der Waals surface area contributed by atoms with E-state index in [1.165, 1.54) is 135 Å². The lowest BCUT2D eigenvalue weighted by Crippen LogP contribution is -2.30. The highest BCUT2D eigenvalue weighted by molar-refractivity contribution is 4.66. The summed E-state index contributed by atoms with van der Waals surface area (Å²) in [4.78, 5) is 0. The number of imidazole rings is 1. The van der Waals surface area contributed by atoms with Crippen molar-refractivity contribution in [1.82, 2.24) is 4.57 Å². The minimum absolute atomic E-state index is 1.18. The van der Waals surface area contributed by atoms with E-state index >= 15 is 0 Å². The minimum Gasteiger partial charge on any atom is -0.237 e. The van der Waals surface area contributed by atoms with E-state index in [9.17, 15) is 0 Å². The van der Waals surface area contributed by atoms with Gasteiger partial charge in [0.05, 0.1) is 13.1 Å². The predicted molar refractivity (Wildman–Crippen MR) is 124 cm³/mol. The van der Waals surface area contributed by atoms with Crippen LogP contribution in [0.3, 0.4) is 0 Å². The summed E-state index contributed by atoms with van der Waals surface area (Å²) < 4.78 is 4.72. The quantitative estimate of drug-likeness (QED) is 0.147. The van der Waals surface area contributed by atoms with Crippen LogP contribution in [0.25, 0.3) is 0 Å². The van der Waals surface area contributed by atoms with E-state index in [1.807, 2.05) is 0 Å². The number of unbranched alkanes of at least 4 members (excludes halogenated alkanes) is 17. The van der Waals surface area contributed by atoms with Crippen LogP contribution in [0.15, 0.2) is 18.7 Å². The first-order chi connectivity index (χ1) is 13.9. The third kappa shape index (κ3) is 15.2. The molecule has 0 N–H and O–H groups in total. The van der Waals surface area contributed by atoms with Crippen molar-refractivity contribution in [3.05, 3.63) is 18.7 Å². The van der Waals surface area contributed by atoms with Crippen molar-refractivity contribution < 1.29 is 4.57 Å². The molecule has 164 valence electrons. The molecule has 1 heterocycles. The first-order valence-corrected chi connectivity index (χ1v) is 12.9. The summed E-state index contributed by atoms with van der Waals surface area (Å²) in [5.41, 5.74) is 0. The topological polar surface area (TPSA) is 8.81 Å². The number of rotatable bonds is 21. The monoisotopic (exact) mass is 391 g/mol. The molecule has 0 aliphatic carbocycles. The van der Waals surface area contributed by atoms with Crippen LogP contribution >= 0.6 is 0 Å². The largest absolute Gasteiger partial charge is 0.243 e. The molecule has 28 heavy (non-hydrogen) atoms. The molecule has 0 aliphatic heterocycles. The molecular formula is C26H51N2+. The third-order valence-electron chi connectivity index (χ3n) is 6.04. The number of hydrogen-bond donors (Lipinski definition) is 0. The molecule has 1 aromatic rings. The van der Waals surface area contributed by atoms with Crippen molar-refractivity contribution in [2.75, 3.05) is 0 Å². The van der Waals surface area contributed by atoms with Gasteiger partial charge in [0, 0.05) is 0 Å². The zero-order valence-corrected chi connectivity index (χ0v) is 19.5. The van der Waals surface area contributed by atoms with Gasteiger partial charge in [-0.1, -0.05) is 110 Å². The number of aryl methyl sites for hydroxylation is 2. The molecule has 0 unspecified atom stereocenters. The molecular weight excluding hydrogens is 340 g/mol. The molecule has 0 radical (unpaired) electrons. The van der Waals surface area contributed by atoms with E-state index in [1.54, 1.807) is 0 Å². The smallest absolute Gasteiger partial charge is 0.237 e. The molecule has 0 saturated carbocycles. The van der Waals surface area contributed by atoms with Crippen molar-refractivity contribution in [2.24, 2.45) is 0 Å². The fourth-order valence-corrected chi connectivity index (χ4v) is 4.09. The highest BCUT2D eigenvalue weighted by Crippen LogP contribution is 2.13. The summed E-state index contributed by atoms with van der Waals surface area (Å²) in [6.45, 7) is 6.94. The Hall–Kier alpha value is -0.790. The van der Waals surface area contributed by atoms with Crippen LogP contribution in [0.4, 0.5) is 0 Å². The first-order valence-electron chi connectivity index (χ1n) is 12.9. The van der Waals surface area contributed by atoms with Gasteiger partial charge >= 0.3 is 0 Å². The van der Waals surface area contributed by atoms with E-state index in [-0.39, 0.29) is 0 Å². The molecule has 1 rings (SSSR count). The van der Waals surface area contributed by atoms with Crippen molar-refractivity contribution in [2.45, 2.75) is 149 Å². The maximum atomic E-state index is 2.37. The SMILES string of the molecule is CCCCCCCCCCCCCCCCCC[n+]1ccn(CCCCC)c1. The number of hydrogen-bond acceptors (Lipinski definition) is 0. The first kappa shape index (κ1) is 25.2. The maximum absolute atomic E-state index is 2.37. The van der Waals surface area contributed by atoms with E-state index in [0.717, 1.165) is 0 Å². The second kappa shape index (κ2) is 19.5. The highest BCUT2D eigenvalue weighted by atomic mass is 15.1. The molecule has 0 amide bonds. The summed E-state index contributed by atoms with van der Waals surface area (Å²) in [7, 11) is 0. The van der Waals surface area contributed by atoms with Crippen LogP contribution in [0.1, 0.15) is 136 Å². The average molecular weight is 392 g/mol. The molecule has 0 aromatic carbocycles. The molecule has 0 bridgehead atoms. The lowest BCUT2D eigenvalue weighted by molar-refractivity contribution is -0.696. The van der Waals surface area contributed by atoms with Crippen molar-refractivity contribution in [1.29, 1.82) is 0 Å². The summed E-state index contributed by atoms with van der Waals surface area (Å²) >= 11 is 0. The molecule has 1 aromatic heterocycles. The van der Waals surface area contributed by atoms with Crippen LogP contribution in [-0.2, 0) is 13.1 Å². The lowest BCUT2D eigenvalue weighted by atomic mass is 10.0. The van der Waals surface area contributed by atoms with Gasteiger partial charge in [-0.25, -0.2) is 9.13 Å². The minimum atomic E-state index is 1.18. The van der Waals surface area contributed by atoms with Gasteiger partial charge in [0.2, 0.25) is 6.33 Å².